The number of rotatable bonds is 3. The second-order valence-corrected chi connectivity index (χ2v) is 5.24. The van der Waals surface area contributed by atoms with Gasteiger partial charge in [-0.2, -0.15) is 0 Å². The lowest BCUT2D eigenvalue weighted by molar-refractivity contribution is 1.01. The molecule has 0 saturated heterocycles. The average Bonchev–Trinajstić information content (AvgIpc) is 2.52. The predicted molar refractivity (Wildman–Crippen MR) is 95.3 cm³/mol. The molecule has 0 aliphatic heterocycles. The zero-order valence-corrected chi connectivity index (χ0v) is 14.1. The Morgan fingerprint density at radius 1 is 1.26 bits per heavy atom. The maximum atomic E-state index is 5.13. The van der Waals surface area contributed by atoms with Crippen LogP contribution in [0.3, 0.4) is 0 Å². The van der Waals surface area contributed by atoms with E-state index in [2.05, 4.69) is 35.9 Å². The van der Waals surface area contributed by atoms with Crippen LogP contribution in [0.4, 0.5) is 5.95 Å². The number of thiocarbonyl (C=S) groups is 1. The van der Waals surface area contributed by atoms with Crippen molar-refractivity contribution in [2.24, 2.45) is 4.99 Å². The van der Waals surface area contributed by atoms with E-state index >= 15 is 0 Å². The van der Waals surface area contributed by atoms with Crippen molar-refractivity contribution in [3.63, 3.8) is 0 Å². The van der Waals surface area contributed by atoms with Gasteiger partial charge in [0.15, 0.2) is 5.11 Å². The highest BCUT2D eigenvalue weighted by molar-refractivity contribution is 7.80. The van der Waals surface area contributed by atoms with Crippen LogP contribution in [0.2, 0.25) is 0 Å². The van der Waals surface area contributed by atoms with E-state index in [9.17, 15) is 0 Å². The van der Waals surface area contributed by atoms with Crippen LogP contribution >= 0.6 is 12.2 Å². The van der Waals surface area contributed by atoms with Crippen molar-refractivity contribution < 1.29 is 0 Å². The highest BCUT2D eigenvalue weighted by atomic mass is 32.1. The first-order chi connectivity index (χ1) is 11.1. The predicted octanol–water partition coefficient (Wildman–Crippen LogP) is 1.55. The number of guanidine groups is 1. The maximum Gasteiger partial charge on any atom is 0.229 e. The van der Waals surface area contributed by atoms with Crippen LogP contribution < -0.4 is 16.0 Å². The second kappa shape index (κ2) is 8.14. The normalized spacial score (nSPS) is 11.0. The smallest absolute Gasteiger partial charge is 0.229 e. The van der Waals surface area contributed by atoms with Gasteiger partial charge in [-0.05, 0) is 43.8 Å². The molecule has 0 aliphatic rings. The molecule has 0 atom stereocenters. The Labute approximate surface area is 140 Å². The van der Waals surface area contributed by atoms with Crippen LogP contribution in [0.25, 0.3) is 0 Å². The largest absolute Gasteiger partial charge is 0.365 e. The summed E-state index contributed by atoms with van der Waals surface area (Å²) in [5, 5.41) is 9.35. The minimum absolute atomic E-state index is 0.451. The van der Waals surface area contributed by atoms with E-state index in [1.807, 2.05) is 32.0 Å². The molecule has 0 aromatic carbocycles. The summed E-state index contributed by atoms with van der Waals surface area (Å²) < 4.78 is 0. The summed E-state index contributed by atoms with van der Waals surface area (Å²) in [6.07, 6.45) is 3.49. The molecule has 0 aliphatic carbocycles. The Morgan fingerprint density at radius 3 is 2.61 bits per heavy atom. The van der Waals surface area contributed by atoms with Crippen LogP contribution in [0.5, 0.6) is 0 Å². The molecule has 0 unspecified atom stereocenters. The molecular formula is C15H19N7S. The third kappa shape index (κ3) is 5.59. The van der Waals surface area contributed by atoms with Gasteiger partial charge >= 0.3 is 0 Å². The number of anilines is 1. The summed E-state index contributed by atoms with van der Waals surface area (Å²) in [6, 6.07) is 5.73. The molecule has 2 aromatic rings. The number of aliphatic imine (C=N–C) groups is 1. The van der Waals surface area contributed by atoms with Crippen LogP contribution in [0, 0.1) is 13.8 Å². The molecule has 2 rings (SSSR count). The minimum Gasteiger partial charge on any atom is -0.365 e. The maximum absolute atomic E-state index is 5.13. The van der Waals surface area contributed by atoms with Crippen molar-refractivity contribution in [3.05, 3.63) is 47.5 Å². The number of aryl methyl sites for hydroxylation is 2. The van der Waals surface area contributed by atoms with Crippen molar-refractivity contribution >= 4 is 29.2 Å². The second-order valence-electron chi connectivity index (χ2n) is 4.83. The van der Waals surface area contributed by atoms with E-state index in [1.54, 1.807) is 19.4 Å². The topological polar surface area (TPSA) is 87.1 Å². The summed E-state index contributed by atoms with van der Waals surface area (Å²) >= 11 is 5.13. The highest BCUT2D eigenvalue weighted by Crippen LogP contribution is 2.04. The molecule has 0 saturated carbocycles. The average molecular weight is 329 g/mol. The fourth-order valence-corrected chi connectivity index (χ4v) is 1.93. The molecule has 0 spiro atoms. The summed E-state index contributed by atoms with van der Waals surface area (Å²) in [7, 11) is 1.74. The monoisotopic (exact) mass is 329 g/mol. The number of pyridine rings is 1. The Hall–Kier alpha value is -2.61. The molecular weight excluding hydrogens is 310 g/mol. The standard InChI is InChI=1S/C15H19N7S/c1-10-7-11(2)20-14(19-10)21-13(22-15(23)16-3)18-9-12-5-4-6-17-8-12/h4-8H,9H2,1-3H3,(H3,16,18,19,20,21,22,23). The molecule has 2 heterocycles. The van der Waals surface area contributed by atoms with Gasteiger partial charge < -0.3 is 10.6 Å². The van der Waals surface area contributed by atoms with E-state index in [0.29, 0.717) is 23.6 Å². The Balaban J connectivity index is 2.17. The molecule has 3 N–H and O–H groups in total. The number of hydrogen-bond acceptors (Lipinski definition) is 5. The Morgan fingerprint density at radius 2 is 2.00 bits per heavy atom. The quantitative estimate of drug-likeness (QED) is 0.447. The first-order valence-electron chi connectivity index (χ1n) is 7.08. The Bertz CT molecular complexity index is 680. The van der Waals surface area contributed by atoms with Crippen molar-refractivity contribution in [2.45, 2.75) is 20.4 Å². The number of hydrogen-bond donors (Lipinski definition) is 3. The van der Waals surface area contributed by atoms with Crippen LogP contribution in [0.15, 0.2) is 35.6 Å². The van der Waals surface area contributed by atoms with Crippen LogP contribution in [-0.2, 0) is 6.54 Å². The number of aromatic nitrogens is 3. The number of nitrogens with one attached hydrogen (secondary N) is 3. The van der Waals surface area contributed by atoms with Gasteiger partial charge in [0.2, 0.25) is 11.9 Å². The van der Waals surface area contributed by atoms with Gasteiger partial charge in [0.1, 0.15) is 0 Å². The zero-order valence-electron chi connectivity index (χ0n) is 13.3. The lowest BCUT2D eigenvalue weighted by Gasteiger charge is -2.12. The molecule has 7 nitrogen and oxygen atoms in total. The molecule has 0 amide bonds. The third-order valence-electron chi connectivity index (χ3n) is 2.81. The molecule has 0 fully saturated rings. The van der Waals surface area contributed by atoms with E-state index in [4.69, 9.17) is 12.2 Å². The SMILES string of the molecule is CNC(=S)NC(=NCc1cccnc1)Nc1nc(C)cc(C)n1. The van der Waals surface area contributed by atoms with Gasteiger partial charge in [0, 0.05) is 30.8 Å². The molecule has 8 heteroatoms. The lowest BCUT2D eigenvalue weighted by atomic mass is 10.3. The summed E-state index contributed by atoms with van der Waals surface area (Å²) in [5.41, 5.74) is 2.75. The zero-order chi connectivity index (χ0) is 16.7. The molecule has 23 heavy (non-hydrogen) atoms. The van der Waals surface area contributed by atoms with E-state index in [0.717, 1.165) is 17.0 Å². The van der Waals surface area contributed by atoms with Gasteiger partial charge in [-0.1, -0.05) is 6.07 Å². The molecule has 2 aromatic heterocycles. The molecule has 120 valence electrons. The van der Waals surface area contributed by atoms with Crippen molar-refractivity contribution in [2.75, 3.05) is 12.4 Å². The van der Waals surface area contributed by atoms with Gasteiger partial charge in [-0.15, -0.1) is 0 Å². The van der Waals surface area contributed by atoms with Crippen molar-refractivity contribution in [3.8, 4) is 0 Å². The van der Waals surface area contributed by atoms with Gasteiger partial charge in [0.25, 0.3) is 0 Å². The fraction of sp³-hybridized carbons (Fsp3) is 0.267. The van der Waals surface area contributed by atoms with Gasteiger partial charge in [-0.3, -0.25) is 10.3 Å². The lowest BCUT2D eigenvalue weighted by Crippen LogP contribution is -2.41. The number of nitrogens with zero attached hydrogens (tertiary/aromatic N) is 4. The first-order valence-corrected chi connectivity index (χ1v) is 7.49. The van der Waals surface area contributed by atoms with E-state index < -0.39 is 0 Å². The fourth-order valence-electron chi connectivity index (χ4n) is 1.83. The summed E-state index contributed by atoms with van der Waals surface area (Å²) in [5.74, 6) is 0.942. The van der Waals surface area contributed by atoms with Crippen LogP contribution in [-0.4, -0.2) is 33.1 Å². The molecule has 0 bridgehead atoms. The summed E-state index contributed by atoms with van der Waals surface area (Å²) in [4.78, 5) is 17.2. The molecule has 0 radical (unpaired) electrons. The summed E-state index contributed by atoms with van der Waals surface area (Å²) in [6.45, 7) is 4.29. The van der Waals surface area contributed by atoms with Crippen LogP contribution in [0.1, 0.15) is 17.0 Å². The minimum atomic E-state index is 0.451. The third-order valence-corrected chi connectivity index (χ3v) is 3.12. The van der Waals surface area contributed by atoms with Gasteiger partial charge in [-0.25, -0.2) is 15.0 Å². The van der Waals surface area contributed by atoms with Crippen molar-refractivity contribution in [1.82, 2.24) is 25.6 Å². The highest BCUT2D eigenvalue weighted by Gasteiger charge is 2.06. The first kappa shape index (κ1) is 16.8. The van der Waals surface area contributed by atoms with Gasteiger partial charge in [0.05, 0.1) is 6.54 Å². The van der Waals surface area contributed by atoms with Crippen molar-refractivity contribution in [1.29, 1.82) is 0 Å². The Kier molecular flexibility index (Phi) is 5.93. The van der Waals surface area contributed by atoms with E-state index in [-0.39, 0.29) is 0 Å². The van der Waals surface area contributed by atoms with E-state index in [1.165, 1.54) is 0 Å².